The Morgan fingerprint density at radius 3 is 2.54 bits per heavy atom. The average Bonchev–Trinajstić information content (AvgIpc) is 3.04. The number of benzene rings is 2. The van der Waals surface area contributed by atoms with Crippen LogP contribution in [0, 0.1) is 9.77 Å². The fourth-order valence-electron chi connectivity index (χ4n) is 2.33. The third kappa shape index (κ3) is 4.57. The van der Waals surface area contributed by atoms with Crippen LogP contribution in [0.4, 0.5) is 4.39 Å². The van der Waals surface area contributed by atoms with Crippen LogP contribution in [-0.4, -0.2) is 28.5 Å². The number of nitrogens with zero attached hydrogens (tertiary/aromatic N) is 2. The normalized spacial score (nSPS) is 10.7. The molecule has 1 N–H and O–H groups in total. The molecule has 0 spiro atoms. The van der Waals surface area contributed by atoms with E-state index in [2.05, 4.69) is 10.4 Å². The lowest BCUT2D eigenvalue weighted by atomic mass is 10.1. The first kappa shape index (κ1) is 18.8. The summed E-state index contributed by atoms with van der Waals surface area (Å²) in [5.74, 6) is -0.409. The molecule has 134 valence electrons. The van der Waals surface area contributed by atoms with Gasteiger partial charge < -0.3 is 5.32 Å². The summed E-state index contributed by atoms with van der Waals surface area (Å²) in [5, 5.41) is 7.30. The number of thioether (sulfide) groups is 1. The largest absolute Gasteiger partial charge is 0.352 e. The summed E-state index contributed by atoms with van der Waals surface area (Å²) >= 11 is 8.33. The van der Waals surface area contributed by atoms with Crippen LogP contribution in [0.15, 0.2) is 52.9 Å². The summed E-state index contributed by atoms with van der Waals surface area (Å²) < 4.78 is 16.1. The van der Waals surface area contributed by atoms with Crippen molar-refractivity contribution < 1.29 is 9.18 Å². The lowest BCUT2D eigenvalue weighted by molar-refractivity contribution is 0.0954. The molecule has 2 aromatic carbocycles. The van der Waals surface area contributed by atoms with Crippen LogP contribution in [0.3, 0.4) is 0 Å². The monoisotopic (exact) mass is 405 g/mol. The lowest BCUT2D eigenvalue weighted by Crippen LogP contribution is -2.25. The first-order valence-corrected chi connectivity index (χ1v) is 10.3. The van der Waals surface area contributed by atoms with E-state index in [0.29, 0.717) is 22.5 Å². The Morgan fingerprint density at radius 1 is 1.23 bits per heavy atom. The van der Waals surface area contributed by atoms with E-state index in [9.17, 15) is 9.18 Å². The van der Waals surface area contributed by atoms with E-state index in [4.69, 9.17) is 12.2 Å². The third-order valence-electron chi connectivity index (χ3n) is 3.69. The molecular formula is C18H16FN3OS3. The summed E-state index contributed by atoms with van der Waals surface area (Å²) in [6.07, 6.45) is 2.60. The molecule has 0 fully saturated rings. The molecule has 0 bridgehead atoms. The summed E-state index contributed by atoms with van der Waals surface area (Å²) in [4.78, 5) is 12.2. The standard InChI is InChI=1S/C18H16FN3OS3/c1-25-17-21-22(18(24)26-17)15-8-4-13(5-9-15)16(23)20-11-10-12-2-6-14(19)7-3-12/h2-9H,10-11H2,1H3,(H,20,23). The number of aromatic nitrogens is 2. The molecule has 3 aromatic rings. The quantitative estimate of drug-likeness (QED) is 0.485. The fourth-order valence-corrected chi connectivity index (χ4v) is 4.11. The highest BCUT2D eigenvalue weighted by molar-refractivity contribution is 8.00. The van der Waals surface area contributed by atoms with Gasteiger partial charge in [0.25, 0.3) is 5.91 Å². The van der Waals surface area contributed by atoms with Crippen LogP contribution in [0.5, 0.6) is 0 Å². The molecule has 0 aliphatic heterocycles. The molecule has 1 heterocycles. The van der Waals surface area contributed by atoms with Crippen LogP contribution in [-0.2, 0) is 6.42 Å². The summed E-state index contributed by atoms with van der Waals surface area (Å²) in [7, 11) is 0. The van der Waals surface area contributed by atoms with Gasteiger partial charge in [0.15, 0.2) is 8.29 Å². The maximum absolute atomic E-state index is 12.9. The predicted molar refractivity (Wildman–Crippen MR) is 106 cm³/mol. The zero-order chi connectivity index (χ0) is 18.5. The second-order valence-electron chi connectivity index (χ2n) is 5.43. The van der Waals surface area contributed by atoms with Crippen molar-refractivity contribution in [1.82, 2.24) is 15.1 Å². The van der Waals surface area contributed by atoms with E-state index in [0.717, 1.165) is 15.6 Å². The van der Waals surface area contributed by atoms with E-state index in [1.807, 2.05) is 18.4 Å². The van der Waals surface area contributed by atoms with Crippen molar-refractivity contribution in [2.45, 2.75) is 10.8 Å². The zero-order valence-electron chi connectivity index (χ0n) is 13.9. The molecular weight excluding hydrogens is 389 g/mol. The van der Waals surface area contributed by atoms with Crippen LogP contribution in [0.2, 0.25) is 0 Å². The number of hydrogen-bond donors (Lipinski definition) is 1. The van der Waals surface area contributed by atoms with Gasteiger partial charge in [0, 0.05) is 12.1 Å². The number of amides is 1. The van der Waals surface area contributed by atoms with Crippen molar-refractivity contribution in [2.24, 2.45) is 0 Å². The first-order valence-electron chi connectivity index (χ1n) is 7.84. The van der Waals surface area contributed by atoms with Gasteiger partial charge in [0.2, 0.25) is 0 Å². The Morgan fingerprint density at radius 2 is 1.92 bits per heavy atom. The van der Waals surface area contributed by atoms with Crippen molar-refractivity contribution in [3.05, 3.63) is 69.4 Å². The lowest BCUT2D eigenvalue weighted by Gasteiger charge is -2.07. The highest BCUT2D eigenvalue weighted by Gasteiger charge is 2.08. The van der Waals surface area contributed by atoms with Gasteiger partial charge >= 0.3 is 0 Å². The molecule has 0 aliphatic carbocycles. The van der Waals surface area contributed by atoms with Crippen molar-refractivity contribution in [2.75, 3.05) is 12.8 Å². The van der Waals surface area contributed by atoms with Gasteiger partial charge in [0.05, 0.1) is 5.69 Å². The van der Waals surface area contributed by atoms with Crippen molar-refractivity contribution in [3.8, 4) is 5.69 Å². The van der Waals surface area contributed by atoms with Crippen molar-refractivity contribution in [3.63, 3.8) is 0 Å². The van der Waals surface area contributed by atoms with Crippen LogP contribution >= 0.6 is 35.3 Å². The van der Waals surface area contributed by atoms with Gasteiger partial charge in [-0.05, 0) is 66.9 Å². The molecule has 1 aromatic heterocycles. The number of halogens is 1. The van der Waals surface area contributed by atoms with Gasteiger partial charge in [-0.1, -0.05) is 35.2 Å². The topological polar surface area (TPSA) is 46.9 Å². The van der Waals surface area contributed by atoms with Gasteiger partial charge in [-0.15, -0.1) is 5.10 Å². The van der Waals surface area contributed by atoms with Crippen LogP contribution < -0.4 is 5.32 Å². The van der Waals surface area contributed by atoms with Crippen LogP contribution in [0.1, 0.15) is 15.9 Å². The molecule has 0 saturated carbocycles. The second-order valence-corrected chi connectivity index (χ2v) is 8.11. The van der Waals surface area contributed by atoms with E-state index in [-0.39, 0.29) is 11.7 Å². The summed E-state index contributed by atoms with van der Waals surface area (Å²) in [6, 6.07) is 13.4. The molecule has 4 nitrogen and oxygen atoms in total. The highest BCUT2D eigenvalue weighted by atomic mass is 32.2. The van der Waals surface area contributed by atoms with Crippen molar-refractivity contribution >= 4 is 41.2 Å². The number of carbonyl (C=O) groups excluding carboxylic acids is 1. The van der Waals surface area contributed by atoms with Gasteiger partial charge in [-0.3, -0.25) is 4.79 Å². The van der Waals surface area contributed by atoms with Crippen LogP contribution in [0.25, 0.3) is 5.69 Å². The Labute approximate surface area is 164 Å². The van der Waals surface area contributed by atoms with E-state index >= 15 is 0 Å². The van der Waals surface area contributed by atoms with E-state index in [1.165, 1.54) is 23.5 Å². The molecule has 0 unspecified atom stereocenters. The minimum atomic E-state index is -0.261. The number of carbonyl (C=O) groups is 1. The highest BCUT2D eigenvalue weighted by Crippen LogP contribution is 2.21. The Kier molecular flexibility index (Phi) is 6.18. The predicted octanol–water partition coefficient (Wildman–Crippen LogP) is 4.50. The van der Waals surface area contributed by atoms with Gasteiger partial charge in [-0.2, -0.15) is 0 Å². The molecule has 0 saturated heterocycles. The molecule has 0 atom stereocenters. The molecule has 3 rings (SSSR count). The Bertz CT molecular complexity index is 949. The summed E-state index contributed by atoms with van der Waals surface area (Å²) in [5.41, 5.74) is 2.37. The second kappa shape index (κ2) is 8.57. The fraction of sp³-hybridized carbons (Fsp3) is 0.167. The Hall–Kier alpha value is -2.03. The minimum absolute atomic E-state index is 0.148. The number of nitrogens with one attached hydrogen (secondary N) is 1. The Balaban J connectivity index is 1.60. The number of hydrogen-bond acceptors (Lipinski definition) is 5. The van der Waals surface area contributed by atoms with Gasteiger partial charge in [-0.25, -0.2) is 9.07 Å². The molecule has 1 amide bonds. The maximum atomic E-state index is 12.9. The molecule has 0 aliphatic rings. The average molecular weight is 406 g/mol. The molecule has 8 heteroatoms. The minimum Gasteiger partial charge on any atom is -0.352 e. The first-order chi connectivity index (χ1) is 12.6. The SMILES string of the molecule is CSc1nn(-c2ccc(C(=O)NCCc3ccc(F)cc3)cc2)c(=S)s1. The summed E-state index contributed by atoms with van der Waals surface area (Å²) in [6.45, 7) is 0.487. The third-order valence-corrected chi connectivity index (χ3v) is 5.90. The zero-order valence-corrected chi connectivity index (χ0v) is 16.4. The van der Waals surface area contributed by atoms with Crippen molar-refractivity contribution in [1.29, 1.82) is 0 Å². The van der Waals surface area contributed by atoms with E-state index < -0.39 is 0 Å². The number of rotatable bonds is 6. The molecule has 0 radical (unpaired) electrons. The van der Waals surface area contributed by atoms with E-state index in [1.54, 1.807) is 40.7 Å². The molecule has 26 heavy (non-hydrogen) atoms. The van der Waals surface area contributed by atoms with Gasteiger partial charge in [0.1, 0.15) is 5.82 Å². The maximum Gasteiger partial charge on any atom is 0.251 e. The smallest absolute Gasteiger partial charge is 0.251 e.